The van der Waals surface area contributed by atoms with Crippen molar-refractivity contribution in [3.63, 3.8) is 0 Å². The number of ether oxygens (including phenoxy) is 1. The Morgan fingerprint density at radius 2 is 1.92 bits per heavy atom. The Hall–Kier alpha value is -2.53. The van der Waals surface area contributed by atoms with Crippen LogP contribution in [0.1, 0.15) is 22.8 Å². The molecule has 126 valence electrons. The van der Waals surface area contributed by atoms with Gasteiger partial charge in [0.15, 0.2) is 0 Å². The highest BCUT2D eigenvalue weighted by Crippen LogP contribution is 2.20. The summed E-state index contributed by atoms with van der Waals surface area (Å²) in [6.07, 6.45) is 0. The molecule has 0 fully saturated rings. The lowest BCUT2D eigenvalue weighted by Crippen LogP contribution is -2.22. The summed E-state index contributed by atoms with van der Waals surface area (Å²) in [6.45, 7) is 3.94. The van der Waals surface area contributed by atoms with E-state index in [2.05, 4.69) is 10.6 Å². The molecule has 2 aromatic rings. The molecule has 0 spiro atoms. The largest absolute Gasteiger partial charge is 0.462 e. The van der Waals surface area contributed by atoms with Gasteiger partial charge in [-0.05, 0) is 43.7 Å². The van der Waals surface area contributed by atoms with Crippen LogP contribution in [0.15, 0.2) is 42.5 Å². The fourth-order valence-corrected chi connectivity index (χ4v) is 2.26. The number of amides is 1. The van der Waals surface area contributed by atoms with Crippen molar-refractivity contribution in [1.29, 1.82) is 0 Å². The normalized spacial score (nSPS) is 10.1. The molecule has 0 radical (unpaired) electrons. The first-order chi connectivity index (χ1) is 11.5. The van der Waals surface area contributed by atoms with Gasteiger partial charge in [0.05, 0.1) is 18.7 Å². The predicted octanol–water partition coefficient (Wildman–Crippen LogP) is 3.88. The number of hydrogen-bond acceptors (Lipinski definition) is 4. The highest BCUT2D eigenvalue weighted by molar-refractivity contribution is 6.31. The lowest BCUT2D eigenvalue weighted by atomic mass is 10.2. The maximum atomic E-state index is 12.1. The smallest absolute Gasteiger partial charge is 0.340 e. The molecule has 2 N–H and O–H groups in total. The summed E-state index contributed by atoms with van der Waals surface area (Å²) in [5, 5.41) is 6.30. The second-order valence-electron chi connectivity index (χ2n) is 5.13. The van der Waals surface area contributed by atoms with Gasteiger partial charge in [-0.1, -0.05) is 29.8 Å². The van der Waals surface area contributed by atoms with Crippen LogP contribution < -0.4 is 10.6 Å². The van der Waals surface area contributed by atoms with Gasteiger partial charge < -0.3 is 15.4 Å². The van der Waals surface area contributed by atoms with Crippen LogP contribution in [-0.2, 0) is 9.53 Å². The van der Waals surface area contributed by atoms with E-state index in [0.29, 0.717) is 28.6 Å². The number of para-hydroxylation sites is 1. The number of esters is 1. The van der Waals surface area contributed by atoms with Crippen molar-refractivity contribution in [3.8, 4) is 0 Å². The zero-order valence-corrected chi connectivity index (χ0v) is 14.3. The Morgan fingerprint density at radius 3 is 2.62 bits per heavy atom. The van der Waals surface area contributed by atoms with Crippen molar-refractivity contribution in [2.45, 2.75) is 13.8 Å². The Labute approximate surface area is 146 Å². The second-order valence-corrected chi connectivity index (χ2v) is 5.54. The van der Waals surface area contributed by atoms with E-state index in [9.17, 15) is 9.59 Å². The molecule has 1 amide bonds. The fraction of sp³-hybridized carbons (Fsp3) is 0.222. The summed E-state index contributed by atoms with van der Waals surface area (Å²) in [5.41, 5.74) is 2.51. The molecule has 5 nitrogen and oxygen atoms in total. The number of aryl methyl sites for hydroxylation is 1. The number of hydrogen-bond donors (Lipinski definition) is 2. The summed E-state index contributed by atoms with van der Waals surface area (Å²) in [7, 11) is 0. The van der Waals surface area contributed by atoms with Crippen molar-refractivity contribution >= 4 is 34.9 Å². The van der Waals surface area contributed by atoms with Gasteiger partial charge >= 0.3 is 5.97 Å². The lowest BCUT2D eigenvalue weighted by Gasteiger charge is -2.12. The first-order valence-electron chi connectivity index (χ1n) is 7.57. The Bertz CT molecular complexity index is 747. The highest BCUT2D eigenvalue weighted by Gasteiger charge is 2.12. The lowest BCUT2D eigenvalue weighted by molar-refractivity contribution is -0.114. The Kier molecular flexibility index (Phi) is 6.21. The summed E-state index contributed by atoms with van der Waals surface area (Å²) in [4.78, 5) is 23.9. The zero-order valence-electron chi connectivity index (χ0n) is 13.6. The topological polar surface area (TPSA) is 67.4 Å². The quantitative estimate of drug-likeness (QED) is 0.779. The van der Waals surface area contributed by atoms with Crippen LogP contribution in [0.2, 0.25) is 5.02 Å². The second kappa shape index (κ2) is 8.36. The molecule has 6 heteroatoms. The number of carbonyl (C=O) groups excluding carboxylic acids is 2. The van der Waals surface area contributed by atoms with E-state index in [1.807, 2.05) is 13.0 Å². The van der Waals surface area contributed by atoms with E-state index in [1.165, 1.54) is 0 Å². The minimum absolute atomic E-state index is 0.0158. The van der Waals surface area contributed by atoms with Crippen molar-refractivity contribution in [1.82, 2.24) is 0 Å². The average Bonchev–Trinajstić information content (AvgIpc) is 2.57. The van der Waals surface area contributed by atoms with E-state index >= 15 is 0 Å². The molecule has 0 atom stereocenters. The van der Waals surface area contributed by atoms with E-state index in [1.54, 1.807) is 43.3 Å². The number of benzene rings is 2. The Balaban J connectivity index is 1.99. The van der Waals surface area contributed by atoms with E-state index in [4.69, 9.17) is 16.3 Å². The van der Waals surface area contributed by atoms with Gasteiger partial charge in [0, 0.05) is 16.4 Å². The van der Waals surface area contributed by atoms with E-state index in [0.717, 1.165) is 5.56 Å². The molecule has 2 aromatic carbocycles. The van der Waals surface area contributed by atoms with Crippen molar-refractivity contribution in [2.75, 3.05) is 23.8 Å². The minimum Gasteiger partial charge on any atom is -0.462 e. The Morgan fingerprint density at radius 1 is 1.17 bits per heavy atom. The third kappa shape index (κ3) is 4.73. The van der Waals surface area contributed by atoms with Gasteiger partial charge in [0.25, 0.3) is 0 Å². The molecule has 0 saturated carbocycles. The fourth-order valence-electron chi connectivity index (χ4n) is 2.08. The SMILES string of the molecule is CCOC(=O)c1ccccc1NCC(=O)Nc1ccc(C)c(Cl)c1. The van der Waals surface area contributed by atoms with Gasteiger partial charge in [0.2, 0.25) is 5.91 Å². The van der Waals surface area contributed by atoms with Crippen LogP contribution in [-0.4, -0.2) is 25.0 Å². The standard InChI is InChI=1S/C18H19ClN2O3/c1-3-24-18(23)14-6-4-5-7-16(14)20-11-17(22)21-13-9-8-12(2)15(19)10-13/h4-10,20H,3,11H2,1-2H3,(H,21,22). The summed E-state index contributed by atoms with van der Waals surface area (Å²) in [6, 6.07) is 12.2. The first kappa shape index (κ1) is 17.8. The van der Waals surface area contributed by atoms with Crippen molar-refractivity contribution in [2.24, 2.45) is 0 Å². The maximum absolute atomic E-state index is 12.1. The predicted molar refractivity (Wildman–Crippen MR) is 95.7 cm³/mol. The van der Waals surface area contributed by atoms with Crippen LogP contribution in [0.5, 0.6) is 0 Å². The number of carbonyl (C=O) groups is 2. The number of anilines is 2. The number of halogens is 1. The van der Waals surface area contributed by atoms with Gasteiger partial charge in [-0.15, -0.1) is 0 Å². The third-order valence-corrected chi connectivity index (χ3v) is 3.72. The third-order valence-electron chi connectivity index (χ3n) is 3.32. The molecule has 0 saturated heterocycles. The maximum Gasteiger partial charge on any atom is 0.340 e. The molecule has 0 heterocycles. The van der Waals surface area contributed by atoms with Crippen LogP contribution in [0.25, 0.3) is 0 Å². The van der Waals surface area contributed by atoms with Crippen LogP contribution in [0.4, 0.5) is 11.4 Å². The molecule has 0 aromatic heterocycles. The molecule has 0 unspecified atom stereocenters. The van der Waals surface area contributed by atoms with Crippen LogP contribution in [0.3, 0.4) is 0 Å². The van der Waals surface area contributed by atoms with E-state index < -0.39 is 5.97 Å². The van der Waals surface area contributed by atoms with Gasteiger partial charge in [-0.25, -0.2) is 4.79 Å². The van der Waals surface area contributed by atoms with Gasteiger partial charge in [-0.3, -0.25) is 4.79 Å². The average molecular weight is 347 g/mol. The monoisotopic (exact) mass is 346 g/mol. The summed E-state index contributed by atoms with van der Waals surface area (Å²) in [5.74, 6) is -0.667. The van der Waals surface area contributed by atoms with Crippen molar-refractivity contribution < 1.29 is 14.3 Å². The molecule has 2 rings (SSSR count). The number of nitrogens with one attached hydrogen (secondary N) is 2. The summed E-state index contributed by atoms with van der Waals surface area (Å²) >= 11 is 6.04. The zero-order chi connectivity index (χ0) is 17.5. The molecule has 0 aliphatic heterocycles. The van der Waals surface area contributed by atoms with Gasteiger partial charge in [-0.2, -0.15) is 0 Å². The minimum atomic E-state index is -0.425. The molecular weight excluding hydrogens is 328 g/mol. The molecule has 24 heavy (non-hydrogen) atoms. The van der Waals surface area contributed by atoms with Crippen LogP contribution >= 0.6 is 11.6 Å². The van der Waals surface area contributed by atoms with Crippen molar-refractivity contribution in [3.05, 3.63) is 58.6 Å². The molecular formula is C18H19ClN2O3. The highest BCUT2D eigenvalue weighted by atomic mass is 35.5. The molecule has 0 bridgehead atoms. The first-order valence-corrected chi connectivity index (χ1v) is 7.95. The number of rotatable bonds is 6. The molecule has 0 aliphatic carbocycles. The van der Waals surface area contributed by atoms with Gasteiger partial charge in [0.1, 0.15) is 0 Å². The van der Waals surface area contributed by atoms with E-state index in [-0.39, 0.29) is 12.5 Å². The summed E-state index contributed by atoms with van der Waals surface area (Å²) < 4.78 is 5.00. The van der Waals surface area contributed by atoms with Crippen LogP contribution in [0, 0.1) is 6.92 Å². The molecule has 0 aliphatic rings.